The minimum atomic E-state index is -2.82. The maximum atomic E-state index is 12.1. The van der Waals surface area contributed by atoms with Crippen LogP contribution >= 0.6 is 0 Å². The number of amides is 1. The van der Waals surface area contributed by atoms with Crippen LogP contribution in [0.15, 0.2) is 24.3 Å². The minimum Gasteiger partial charge on any atom is -0.497 e. The molecule has 1 atom stereocenters. The first kappa shape index (κ1) is 20.4. The number of carbonyl (C=O) groups excluding carboxylic acids is 2. The molecule has 0 radical (unpaired) electrons. The van der Waals surface area contributed by atoms with Gasteiger partial charge in [-0.05, 0) is 55.9 Å². The van der Waals surface area contributed by atoms with Crippen LogP contribution in [0, 0.1) is 5.92 Å². The lowest BCUT2D eigenvalue weighted by atomic mass is 10.0. The fraction of sp³-hybridized carbons (Fsp3) is 0.579. The third-order valence-electron chi connectivity index (χ3n) is 4.66. The minimum absolute atomic E-state index is 0.0166. The maximum Gasteiger partial charge on any atom is 0.220 e. The summed E-state index contributed by atoms with van der Waals surface area (Å²) in [5.74, 6) is 1.48. The van der Waals surface area contributed by atoms with Gasteiger partial charge >= 0.3 is 0 Å². The molecule has 1 fully saturated rings. The molecule has 0 aromatic heterocycles. The molecule has 1 amide bonds. The normalized spacial score (nSPS) is 18.4. The van der Waals surface area contributed by atoms with Crippen LogP contribution in [0.1, 0.15) is 48.9 Å². The van der Waals surface area contributed by atoms with Crippen molar-refractivity contribution in [3.8, 4) is 5.75 Å². The van der Waals surface area contributed by atoms with Crippen molar-refractivity contribution in [2.45, 2.75) is 38.5 Å². The second-order valence-corrected chi connectivity index (χ2v) is 9.00. The molecule has 1 aromatic carbocycles. The van der Waals surface area contributed by atoms with E-state index in [2.05, 4.69) is 5.32 Å². The van der Waals surface area contributed by atoms with Gasteiger partial charge in [0.1, 0.15) is 5.75 Å². The van der Waals surface area contributed by atoms with E-state index < -0.39 is 9.84 Å². The number of carbonyl (C=O) groups is 2. The second kappa shape index (κ2) is 9.71. The molecule has 0 aliphatic carbocycles. The van der Waals surface area contributed by atoms with E-state index in [0.29, 0.717) is 42.9 Å². The number of ketones is 1. The fourth-order valence-electron chi connectivity index (χ4n) is 3.14. The average molecular weight is 381 g/mol. The predicted molar refractivity (Wildman–Crippen MR) is 100 cm³/mol. The van der Waals surface area contributed by atoms with E-state index in [-0.39, 0.29) is 23.4 Å². The fourth-order valence-corrected chi connectivity index (χ4v) is 5.05. The molecule has 26 heavy (non-hydrogen) atoms. The molecule has 6 nitrogen and oxygen atoms in total. The highest BCUT2D eigenvalue weighted by Gasteiger charge is 2.27. The van der Waals surface area contributed by atoms with Crippen LogP contribution in [0.3, 0.4) is 0 Å². The predicted octanol–water partition coefficient (Wildman–Crippen LogP) is 2.38. The monoisotopic (exact) mass is 381 g/mol. The maximum absolute atomic E-state index is 12.1. The summed E-state index contributed by atoms with van der Waals surface area (Å²) in [6.07, 6.45) is 3.52. The van der Waals surface area contributed by atoms with Crippen LogP contribution in [-0.2, 0) is 14.6 Å². The number of sulfone groups is 1. The van der Waals surface area contributed by atoms with Crippen molar-refractivity contribution in [2.24, 2.45) is 5.92 Å². The zero-order chi connectivity index (χ0) is 19.0. The van der Waals surface area contributed by atoms with Crippen molar-refractivity contribution in [3.05, 3.63) is 29.8 Å². The third kappa shape index (κ3) is 6.78. The van der Waals surface area contributed by atoms with Crippen molar-refractivity contribution in [1.29, 1.82) is 0 Å². The number of ether oxygens (including phenoxy) is 1. The lowest BCUT2D eigenvalue weighted by molar-refractivity contribution is -0.121. The smallest absolute Gasteiger partial charge is 0.220 e. The van der Waals surface area contributed by atoms with E-state index in [1.165, 1.54) is 0 Å². The molecular weight excluding hydrogens is 354 g/mol. The van der Waals surface area contributed by atoms with E-state index in [1.807, 2.05) is 0 Å². The van der Waals surface area contributed by atoms with E-state index in [0.717, 1.165) is 19.3 Å². The highest BCUT2D eigenvalue weighted by molar-refractivity contribution is 7.91. The van der Waals surface area contributed by atoms with Crippen molar-refractivity contribution in [1.82, 2.24) is 5.32 Å². The zero-order valence-electron chi connectivity index (χ0n) is 15.2. The van der Waals surface area contributed by atoms with Crippen molar-refractivity contribution < 1.29 is 22.7 Å². The topological polar surface area (TPSA) is 89.5 Å². The van der Waals surface area contributed by atoms with Crippen molar-refractivity contribution in [2.75, 3.05) is 25.2 Å². The molecule has 1 unspecified atom stereocenters. The number of benzene rings is 1. The number of Topliss-reactive ketones (excluding diaryl/α,β-unsaturated/α-hetero) is 1. The molecule has 1 N–H and O–H groups in total. The van der Waals surface area contributed by atoms with E-state index in [4.69, 9.17) is 4.74 Å². The van der Waals surface area contributed by atoms with Gasteiger partial charge < -0.3 is 10.1 Å². The van der Waals surface area contributed by atoms with Crippen LogP contribution in [0.5, 0.6) is 5.75 Å². The van der Waals surface area contributed by atoms with Crippen LogP contribution in [-0.4, -0.2) is 45.3 Å². The molecular formula is C19H27NO5S. The summed E-state index contributed by atoms with van der Waals surface area (Å²) < 4.78 is 27.8. The van der Waals surface area contributed by atoms with Gasteiger partial charge in [-0.25, -0.2) is 8.42 Å². The van der Waals surface area contributed by atoms with Crippen molar-refractivity contribution in [3.63, 3.8) is 0 Å². The molecule has 1 saturated heterocycles. The Balaban J connectivity index is 1.56. The van der Waals surface area contributed by atoms with E-state index in [9.17, 15) is 18.0 Å². The summed E-state index contributed by atoms with van der Waals surface area (Å²) in [6.45, 7) is 0.557. The standard InChI is InChI=1S/C19H27NO5S/c1-25-17-9-7-16(8-10-17)18(21)5-2-6-19(22)20-12-3-4-15-11-13-26(23,24)14-15/h7-10,15H,2-6,11-14H2,1H3,(H,20,22). The Morgan fingerprint density at radius 1 is 1.15 bits per heavy atom. The lowest BCUT2D eigenvalue weighted by Crippen LogP contribution is -2.24. The molecule has 0 saturated carbocycles. The Labute approximate surface area is 155 Å². The largest absolute Gasteiger partial charge is 0.497 e. The molecule has 1 aromatic rings. The Morgan fingerprint density at radius 3 is 2.50 bits per heavy atom. The summed E-state index contributed by atoms with van der Waals surface area (Å²) >= 11 is 0. The Morgan fingerprint density at radius 2 is 1.88 bits per heavy atom. The number of hydrogen-bond acceptors (Lipinski definition) is 5. The Kier molecular flexibility index (Phi) is 7.63. The number of methoxy groups -OCH3 is 1. The highest BCUT2D eigenvalue weighted by atomic mass is 32.2. The quantitative estimate of drug-likeness (QED) is 0.496. The average Bonchev–Trinajstić information content (AvgIpc) is 2.97. The molecule has 0 spiro atoms. The first-order chi connectivity index (χ1) is 12.4. The van der Waals surface area contributed by atoms with E-state index in [1.54, 1.807) is 31.4 Å². The third-order valence-corrected chi connectivity index (χ3v) is 6.49. The number of rotatable bonds is 10. The van der Waals surface area contributed by atoms with Gasteiger partial charge in [-0.1, -0.05) is 0 Å². The summed E-state index contributed by atoms with van der Waals surface area (Å²) in [5, 5.41) is 2.84. The molecule has 1 aliphatic heterocycles. The summed E-state index contributed by atoms with van der Waals surface area (Å²) in [7, 11) is -1.25. The lowest BCUT2D eigenvalue weighted by Gasteiger charge is -2.08. The van der Waals surface area contributed by atoms with Gasteiger partial charge in [-0.15, -0.1) is 0 Å². The molecule has 1 heterocycles. The van der Waals surface area contributed by atoms with Gasteiger partial charge in [0.25, 0.3) is 0 Å². The summed E-state index contributed by atoms with van der Waals surface area (Å²) in [4.78, 5) is 23.9. The van der Waals surface area contributed by atoms with Crippen LogP contribution in [0.4, 0.5) is 0 Å². The first-order valence-electron chi connectivity index (χ1n) is 9.04. The first-order valence-corrected chi connectivity index (χ1v) is 10.9. The van der Waals surface area contributed by atoms with Gasteiger partial charge in [0.05, 0.1) is 18.6 Å². The molecule has 2 rings (SSSR count). The highest BCUT2D eigenvalue weighted by Crippen LogP contribution is 2.22. The van der Waals surface area contributed by atoms with E-state index >= 15 is 0 Å². The van der Waals surface area contributed by atoms with Gasteiger partial charge in [-0.3, -0.25) is 9.59 Å². The molecule has 0 bridgehead atoms. The molecule has 7 heteroatoms. The second-order valence-electron chi connectivity index (χ2n) is 6.77. The van der Waals surface area contributed by atoms with Crippen LogP contribution in [0.2, 0.25) is 0 Å². The van der Waals surface area contributed by atoms with Gasteiger partial charge in [0.15, 0.2) is 15.6 Å². The van der Waals surface area contributed by atoms with Gasteiger partial charge in [0, 0.05) is 24.9 Å². The van der Waals surface area contributed by atoms with Gasteiger partial charge in [0.2, 0.25) is 5.91 Å². The van der Waals surface area contributed by atoms with Crippen LogP contribution < -0.4 is 10.1 Å². The Hall–Kier alpha value is -1.89. The zero-order valence-corrected chi connectivity index (χ0v) is 16.0. The van der Waals surface area contributed by atoms with Crippen LogP contribution in [0.25, 0.3) is 0 Å². The Bertz CT molecular complexity index is 712. The summed E-state index contributed by atoms with van der Waals surface area (Å²) in [6, 6.07) is 6.94. The molecule has 144 valence electrons. The SMILES string of the molecule is COc1ccc(C(=O)CCCC(=O)NCCCC2CCS(=O)(=O)C2)cc1. The number of nitrogens with one attached hydrogen (secondary N) is 1. The van der Waals surface area contributed by atoms with Crippen molar-refractivity contribution >= 4 is 21.5 Å². The van der Waals surface area contributed by atoms with Gasteiger partial charge in [-0.2, -0.15) is 0 Å². The molecule has 1 aliphatic rings. The number of hydrogen-bond donors (Lipinski definition) is 1. The summed E-state index contributed by atoms with van der Waals surface area (Å²) in [5.41, 5.74) is 0.623.